The van der Waals surface area contributed by atoms with Crippen LogP contribution in [0.2, 0.25) is 0 Å². The van der Waals surface area contributed by atoms with E-state index in [0.29, 0.717) is 5.56 Å². The van der Waals surface area contributed by atoms with E-state index in [9.17, 15) is 8.78 Å². The second-order valence-electron chi connectivity index (χ2n) is 2.52. The summed E-state index contributed by atoms with van der Waals surface area (Å²) >= 11 is 0. The summed E-state index contributed by atoms with van der Waals surface area (Å²) in [6.45, 7) is -3.14. The maximum atomic E-state index is 11.9. The summed E-state index contributed by atoms with van der Waals surface area (Å²) in [4.78, 5) is 0. The molecule has 0 saturated heterocycles. The first-order valence-corrected chi connectivity index (χ1v) is 3.90. The minimum atomic E-state index is -2.90. The number of ether oxygens (including phenoxy) is 2. The normalized spacial score (nSPS) is 10.4. The highest BCUT2D eigenvalue weighted by Gasteiger charge is 2.10. The van der Waals surface area contributed by atoms with Gasteiger partial charge in [-0.25, -0.2) is 0 Å². The van der Waals surface area contributed by atoms with E-state index in [4.69, 9.17) is 9.84 Å². The predicted octanol–water partition coefficient (Wildman–Crippen LogP) is 1.79. The predicted molar refractivity (Wildman–Crippen MR) is 45.5 cm³/mol. The molecule has 5 heteroatoms. The third-order valence-corrected chi connectivity index (χ3v) is 1.63. The smallest absolute Gasteiger partial charge is 0.387 e. The molecule has 0 fully saturated rings. The number of aliphatic hydroxyl groups excluding tert-OH is 1. The van der Waals surface area contributed by atoms with Crippen molar-refractivity contribution in [2.24, 2.45) is 0 Å². The van der Waals surface area contributed by atoms with Crippen LogP contribution in [-0.4, -0.2) is 18.8 Å². The second-order valence-corrected chi connectivity index (χ2v) is 2.52. The molecule has 0 saturated carbocycles. The zero-order valence-electron chi connectivity index (χ0n) is 7.54. The van der Waals surface area contributed by atoms with Gasteiger partial charge in [-0.15, -0.1) is 0 Å². The van der Waals surface area contributed by atoms with E-state index in [1.165, 1.54) is 19.2 Å². The lowest BCUT2D eigenvalue weighted by Gasteiger charge is -2.10. The van der Waals surface area contributed by atoms with Crippen LogP contribution in [0.25, 0.3) is 0 Å². The molecule has 0 bridgehead atoms. The fourth-order valence-electron chi connectivity index (χ4n) is 1.01. The van der Waals surface area contributed by atoms with E-state index < -0.39 is 6.61 Å². The molecule has 0 aromatic heterocycles. The third-order valence-electron chi connectivity index (χ3n) is 1.63. The minimum Gasteiger partial charge on any atom is -0.493 e. The molecule has 0 aliphatic rings. The van der Waals surface area contributed by atoms with Crippen molar-refractivity contribution in [3.05, 3.63) is 23.8 Å². The topological polar surface area (TPSA) is 38.7 Å². The molecule has 1 aromatic rings. The van der Waals surface area contributed by atoms with E-state index in [0.717, 1.165) is 0 Å². The van der Waals surface area contributed by atoms with Gasteiger partial charge in [-0.2, -0.15) is 8.78 Å². The van der Waals surface area contributed by atoms with Crippen LogP contribution < -0.4 is 9.47 Å². The van der Waals surface area contributed by atoms with Gasteiger partial charge in [0, 0.05) is 0 Å². The van der Waals surface area contributed by atoms with Gasteiger partial charge < -0.3 is 14.6 Å². The van der Waals surface area contributed by atoms with Gasteiger partial charge in [0.05, 0.1) is 13.7 Å². The van der Waals surface area contributed by atoms with Crippen LogP contribution in [-0.2, 0) is 6.61 Å². The molecule has 78 valence electrons. The Kier molecular flexibility index (Phi) is 3.64. The van der Waals surface area contributed by atoms with Crippen molar-refractivity contribution in [1.82, 2.24) is 0 Å². The molecule has 0 radical (unpaired) electrons. The Labute approximate surface area is 79.9 Å². The highest BCUT2D eigenvalue weighted by atomic mass is 19.3. The van der Waals surface area contributed by atoms with Crippen LogP contribution in [0.1, 0.15) is 5.56 Å². The highest BCUT2D eigenvalue weighted by molar-refractivity contribution is 5.42. The lowest BCUT2D eigenvalue weighted by molar-refractivity contribution is -0.0513. The summed E-state index contributed by atoms with van der Waals surface area (Å²) in [5.74, 6) is 0.136. The Hall–Kier alpha value is -1.36. The van der Waals surface area contributed by atoms with Crippen LogP contribution in [0, 0.1) is 0 Å². The van der Waals surface area contributed by atoms with Gasteiger partial charge in [-0.1, -0.05) is 6.07 Å². The van der Waals surface area contributed by atoms with E-state index in [-0.39, 0.29) is 18.1 Å². The van der Waals surface area contributed by atoms with Crippen LogP contribution in [0.4, 0.5) is 8.78 Å². The molecule has 1 N–H and O–H groups in total. The lowest BCUT2D eigenvalue weighted by Crippen LogP contribution is -2.04. The van der Waals surface area contributed by atoms with Crippen LogP contribution in [0.3, 0.4) is 0 Å². The Bertz CT molecular complexity index is 302. The number of halogens is 2. The molecule has 1 aromatic carbocycles. The first-order valence-electron chi connectivity index (χ1n) is 3.90. The Morgan fingerprint density at radius 1 is 1.36 bits per heavy atom. The van der Waals surface area contributed by atoms with Gasteiger partial charge >= 0.3 is 6.61 Å². The number of alkyl halides is 2. The summed E-state index contributed by atoms with van der Waals surface area (Å²) in [6, 6.07) is 4.34. The second kappa shape index (κ2) is 4.76. The van der Waals surface area contributed by atoms with Crippen molar-refractivity contribution < 1.29 is 23.4 Å². The number of hydrogen-bond donors (Lipinski definition) is 1. The van der Waals surface area contributed by atoms with Gasteiger partial charge in [-0.05, 0) is 17.7 Å². The third kappa shape index (κ3) is 2.56. The van der Waals surface area contributed by atoms with E-state index in [1.54, 1.807) is 6.07 Å². The zero-order valence-corrected chi connectivity index (χ0v) is 7.54. The molecule has 3 nitrogen and oxygen atoms in total. The van der Waals surface area contributed by atoms with Gasteiger partial charge in [0.15, 0.2) is 11.5 Å². The summed E-state index contributed by atoms with van der Waals surface area (Å²) < 4.78 is 32.9. The maximum Gasteiger partial charge on any atom is 0.387 e. The van der Waals surface area contributed by atoms with Crippen LogP contribution in [0.15, 0.2) is 18.2 Å². The summed E-state index contributed by atoms with van der Waals surface area (Å²) in [5.41, 5.74) is 0.487. The average molecular weight is 204 g/mol. The maximum absolute atomic E-state index is 11.9. The van der Waals surface area contributed by atoms with E-state index >= 15 is 0 Å². The van der Waals surface area contributed by atoms with Crippen molar-refractivity contribution in [3.8, 4) is 11.5 Å². The number of benzene rings is 1. The Morgan fingerprint density at radius 2 is 2.07 bits per heavy atom. The van der Waals surface area contributed by atoms with Crippen molar-refractivity contribution in [2.75, 3.05) is 7.11 Å². The summed E-state index contributed by atoms with van der Waals surface area (Å²) in [7, 11) is 1.35. The monoisotopic (exact) mass is 204 g/mol. The first kappa shape index (κ1) is 10.7. The van der Waals surface area contributed by atoms with E-state index in [1.807, 2.05) is 0 Å². The Balaban J connectivity index is 2.96. The van der Waals surface area contributed by atoms with Gasteiger partial charge in [-0.3, -0.25) is 0 Å². The molecule has 0 aliphatic heterocycles. The molecular formula is C9H10F2O3. The zero-order chi connectivity index (χ0) is 10.6. The molecule has 0 heterocycles. The number of aliphatic hydroxyl groups is 1. The lowest BCUT2D eigenvalue weighted by atomic mass is 10.2. The van der Waals surface area contributed by atoms with Gasteiger partial charge in [0.25, 0.3) is 0 Å². The van der Waals surface area contributed by atoms with Crippen molar-refractivity contribution in [2.45, 2.75) is 13.2 Å². The quantitative estimate of drug-likeness (QED) is 0.812. The average Bonchev–Trinajstić information content (AvgIpc) is 2.16. The number of rotatable bonds is 4. The molecular weight excluding hydrogens is 194 g/mol. The van der Waals surface area contributed by atoms with E-state index in [2.05, 4.69) is 4.74 Å². The van der Waals surface area contributed by atoms with Crippen molar-refractivity contribution in [1.29, 1.82) is 0 Å². The number of hydrogen-bond acceptors (Lipinski definition) is 3. The molecule has 14 heavy (non-hydrogen) atoms. The van der Waals surface area contributed by atoms with Gasteiger partial charge in [0.1, 0.15) is 0 Å². The Morgan fingerprint density at radius 3 is 2.57 bits per heavy atom. The standard InChI is InChI=1S/C9H10F2O3/c1-13-7-3-2-6(5-12)4-8(7)14-9(10)11/h2-4,9,12H,5H2,1H3. The van der Waals surface area contributed by atoms with Crippen LogP contribution in [0.5, 0.6) is 11.5 Å². The molecule has 0 unspecified atom stereocenters. The largest absolute Gasteiger partial charge is 0.493 e. The fraction of sp³-hybridized carbons (Fsp3) is 0.333. The molecule has 0 amide bonds. The summed E-state index contributed by atoms with van der Waals surface area (Å²) in [6.07, 6.45) is 0. The number of methoxy groups -OCH3 is 1. The SMILES string of the molecule is COc1ccc(CO)cc1OC(F)F. The molecule has 0 aliphatic carbocycles. The molecule has 0 atom stereocenters. The minimum absolute atomic E-state index is 0.0750. The van der Waals surface area contributed by atoms with Crippen molar-refractivity contribution in [3.63, 3.8) is 0 Å². The highest BCUT2D eigenvalue weighted by Crippen LogP contribution is 2.29. The fourth-order valence-corrected chi connectivity index (χ4v) is 1.01. The molecule has 1 rings (SSSR count). The van der Waals surface area contributed by atoms with Crippen LogP contribution >= 0.6 is 0 Å². The first-order chi connectivity index (χ1) is 6.67. The van der Waals surface area contributed by atoms with Crippen molar-refractivity contribution >= 4 is 0 Å². The molecule has 0 spiro atoms. The van der Waals surface area contributed by atoms with Gasteiger partial charge in [0.2, 0.25) is 0 Å². The summed E-state index contributed by atoms with van der Waals surface area (Å²) in [5, 5.41) is 8.78.